The Kier molecular flexibility index (Phi) is 19.4. The number of rotatable bonds is 7. The molecule has 0 saturated heterocycles. The molecule has 26 rings (SSSR count). The number of halogens is 2. The van der Waals surface area contributed by atoms with Crippen LogP contribution in [0.5, 0.6) is 0 Å². The van der Waals surface area contributed by atoms with Crippen molar-refractivity contribution in [2.24, 2.45) is 0 Å². The summed E-state index contributed by atoms with van der Waals surface area (Å²) in [5, 5.41) is 15.6. The molecule has 23 aromatic rings. The highest BCUT2D eigenvalue weighted by Gasteiger charge is 2.39. The molecule has 0 unspecified atom stereocenters. The van der Waals surface area contributed by atoms with Gasteiger partial charge in [-0.3, -0.25) is 0 Å². The standard InChI is InChI=1S/C45H32N2O.C27H21NO.C18H12IN.C15H15N.C12H7BrO/c1-45(2)37-18-9-6-15-32(37)33-25-23-31(28-38(33)45)46(41-20-12-22-43-44(41)35-17-8-11-21-42(35)48-43)30-24-26-40-36(27-30)34-16-7-10-19-39(34)47(40)29-13-4-3-5-14-29;1-27(2)21-10-5-3-8-18(21)19-15-14-17(16-22(19)27)28-23-11-7-13-25-26(23)20-9-4-6-12-24(20)29-25;19-13-10-11-18-16(12-13)15-8-4-5-9-17(15)20(18)14-6-2-1-3-7-14;1-15(2)13-6-4-3-5-11(13)12-8-7-10(16)9-14(12)15;13-9-5-3-7-11-12(9)8-4-1-2-6-10(8)14-11/h3-28H,1-2H3;3-16,28H,1-2H3;1-12H;3-9H,16H2,1-2H3;1-7H. The van der Waals surface area contributed by atoms with E-state index in [1.165, 1.54) is 120 Å². The van der Waals surface area contributed by atoms with E-state index >= 15 is 0 Å². The predicted molar refractivity (Wildman–Crippen MR) is 545 cm³/mol. The fraction of sp³-hybridized carbons (Fsp3) is 0.0769. The second-order valence-corrected chi connectivity index (χ2v) is 36.8. The Labute approximate surface area is 758 Å². The van der Waals surface area contributed by atoms with E-state index in [2.05, 4.69) is 427 Å². The summed E-state index contributed by atoms with van der Waals surface area (Å²) in [6, 6.07) is 142. The lowest BCUT2D eigenvalue weighted by Crippen LogP contribution is -2.16. The molecule has 0 bridgehead atoms. The SMILES string of the molecule is Brc1cccc2oc3ccccc3c12.CC1(C)c2ccccc2-c2ccc(N(c3ccc4c(c3)c3ccccc3n4-c3ccccc3)c3cccc4oc5ccccc5c34)cc21.CC1(C)c2ccccc2-c2ccc(N)cc21.CC1(C)c2ccccc2-c2ccc(Nc3cccc4oc5ccccc5c34)cc21.Ic1ccc2c(c1)c1ccccc1n2-c1ccccc1. The van der Waals surface area contributed by atoms with Gasteiger partial charge in [0.1, 0.15) is 33.5 Å². The normalized spacial score (nSPS) is 13.3. The first kappa shape index (κ1) is 78.5. The molecule has 0 aliphatic heterocycles. The van der Waals surface area contributed by atoms with Crippen molar-refractivity contribution in [3.63, 3.8) is 0 Å². The Morgan fingerprint density at radius 2 is 0.669 bits per heavy atom. The average Bonchev–Trinajstić information content (AvgIpc) is 1.58. The summed E-state index contributed by atoms with van der Waals surface area (Å²) in [6.07, 6.45) is 0. The molecule has 0 atom stereocenters. The molecule has 0 amide bonds. The van der Waals surface area contributed by atoms with Gasteiger partial charge in [-0.25, -0.2) is 0 Å². The number of aromatic nitrogens is 2. The summed E-state index contributed by atoms with van der Waals surface area (Å²) in [6.45, 7) is 13.8. The van der Waals surface area contributed by atoms with E-state index in [9.17, 15) is 0 Å². The van der Waals surface area contributed by atoms with Crippen molar-refractivity contribution in [2.75, 3.05) is 16.0 Å². The van der Waals surface area contributed by atoms with Crippen LogP contribution < -0.4 is 16.0 Å². The lowest BCUT2D eigenvalue weighted by Gasteiger charge is -2.28. The number of para-hydroxylation sites is 7. The van der Waals surface area contributed by atoms with Crippen molar-refractivity contribution in [2.45, 2.75) is 57.8 Å². The minimum Gasteiger partial charge on any atom is -0.456 e. The van der Waals surface area contributed by atoms with Gasteiger partial charge in [0.25, 0.3) is 0 Å². The van der Waals surface area contributed by atoms with Gasteiger partial charge in [0.15, 0.2) is 0 Å². The number of fused-ring (bicyclic) bond motifs is 24. The summed E-state index contributed by atoms with van der Waals surface area (Å²) in [4.78, 5) is 2.43. The topological polar surface area (TPSA) is 90.6 Å². The zero-order valence-electron chi connectivity index (χ0n) is 71.0. The molecular weight excluding hydrogens is 1730 g/mol. The lowest BCUT2D eigenvalue weighted by atomic mass is 9.82. The van der Waals surface area contributed by atoms with Crippen LogP contribution >= 0.6 is 38.5 Å². The van der Waals surface area contributed by atoms with Crippen molar-refractivity contribution in [3.8, 4) is 44.8 Å². The third-order valence-electron chi connectivity index (χ3n) is 26.2. The largest absolute Gasteiger partial charge is 0.456 e. The Morgan fingerprint density at radius 3 is 1.23 bits per heavy atom. The first-order valence-corrected chi connectivity index (χ1v) is 45.1. The number of furan rings is 3. The number of hydrogen-bond donors (Lipinski definition) is 2. The van der Waals surface area contributed by atoms with Crippen molar-refractivity contribution < 1.29 is 13.3 Å². The fourth-order valence-corrected chi connectivity index (χ4v) is 21.3. The van der Waals surface area contributed by atoms with Gasteiger partial charge in [0.2, 0.25) is 0 Å². The Bertz CT molecular complexity index is 8290. The summed E-state index contributed by atoms with van der Waals surface area (Å²) >= 11 is 5.91. The van der Waals surface area contributed by atoms with Crippen molar-refractivity contribution in [1.29, 1.82) is 0 Å². The second-order valence-electron chi connectivity index (χ2n) is 34.7. The van der Waals surface area contributed by atoms with E-state index < -0.39 is 0 Å². The van der Waals surface area contributed by atoms with E-state index in [0.717, 1.165) is 110 Å². The highest BCUT2D eigenvalue weighted by molar-refractivity contribution is 14.1. The van der Waals surface area contributed by atoms with Gasteiger partial charge in [-0.2, -0.15) is 0 Å². The van der Waals surface area contributed by atoms with Crippen LogP contribution in [0.1, 0.15) is 74.9 Å². The van der Waals surface area contributed by atoms with Crippen LogP contribution in [0.2, 0.25) is 0 Å². The molecule has 3 N–H and O–H groups in total. The number of nitrogens with two attached hydrogens (primary N) is 1. The van der Waals surface area contributed by atoms with Gasteiger partial charge < -0.3 is 38.3 Å². The molecule has 10 heteroatoms. The van der Waals surface area contributed by atoms with Crippen LogP contribution in [0.15, 0.2) is 418 Å². The zero-order chi connectivity index (χ0) is 86.0. The minimum atomic E-state index is -0.116. The average molecular weight is 1820 g/mol. The summed E-state index contributed by atoms with van der Waals surface area (Å²) in [5.41, 5.74) is 41.1. The summed E-state index contributed by atoms with van der Waals surface area (Å²) in [5.74, 6) is 0. The number of nitrogen functional groups attached to an aromatic ring is 1. The highest BCUT2D eigenvalue weighted by Crippen LogP contribution is 2.55. The van der Waals surface area contributed by atoms with E-state index in [4.69, 9.17) is 19.0 Å². The molecule has 0 fully saturated rings. The molecule has 3 aliphatic rings. The van der Waals surface area contributed by atoms with Gasteiger partial charge in [-0.05, 0) is 253 Å². The van der Waals surface area contributed by atoms with Crippen LogP contribution in [0.4, 0.5) is 34.1 Å². The van der Waals surface area contributed by atoms with E-state index in [0.29, 0.717) is 0 Å². The molecule has 127 heavy (non-hydrogen) atoms. The van der Waals surface area contributed by atoms with Crippen LogP contribution in [-0.2, 0) is 16.2 Å². The molecule has 5 aromatic heterocycles. The number of nitrogens with one attached hydrogen (secondary N) is 1. The summed E-state index contributed by atoms with van der Waals surface area (Å²) in [7, 11) is 0. The monoisotopic (exact) mass is 1820 g/mol. The molecule has 8 nitrogen and oxygen atoms in total. The Hall–Kier alpha value is -14.4. The third kappa shape index (κ3) is 13.4. The summed E-state index contributed by atoms with van der Waals surface area (Å²) < 4.78 is 25.2. The van der Waals surface area contributed by atoms with Crippen LogP contribution in [0.25, 0.3) is 154 Å². The van der Waals surface area contributed by atoms with Gasteiger partial charge >= 0.3 is 0 Å². The van der Waals surface area contributed by atoms with Crippen molar-refractivity contribution >= 4 is 182 Å². The Balaban J connectivity index is 0.000000102. The van der Waals surface area contributed by atoms with E-state index in [1.807, 2.05) is 72.8 Å². The maximum Gasteiger partial charge on any atom is 0.137 e. The van der Waals surface area contributed by atoms with Crippen LogP contribution in [0.3, 0.4) is 0 Å². The van der Waals surface area contributed by atoms with Crippen LogP contribution in [-0.4, -0.2) is 9.13 Å². The van der Waals surface area contributed by atoms with Crippen molar-refractivity contribution in [1.82, 2.24) is 9.13 Å². The van der Waals surface area contributed by atoms with Gasteiger partial charge in [-0.15, -0.1) is 0 Å². The van der Waals surface area contributed by atoms with E-state index in [-0.39, 0.29) is 16.2 Å². The fourth-order valence-electron chi connectivity index (χ4n) is 20.2. The molecule has 0 saturated carbocycles. The van der Waals surface area contributed by atoms with Gasteiger partial charge in [0.05, 0.1) is 44.2 Å². The molecule has 3 aliphatic carbocycles. The first-order valence-electron chi connectivity index (χ1n) is 43.3. The number of hydrogen-bond acceptors (Lipinski definition) is 6. The first-order chi connectivity index (χ1) is 62.0. The zero-order valence-corrected chi connectivity index (χ0v) is 74.7. The smallest absolute Gasteiger partial charge is 0.137 e. The second kappa shape index (κ2) is 31.4. The lowest BCUT2D eigenvalue weighted by molar-refractivity contribution is 0.660. The molecule has 0 spiro atoms. The molecule has 18 aromatic carbocycles. The van der Waals surface area contributed by atoms with Crippen LogP contribution in [0, 0.1) is 3.57 Å². The maximum atomic E-state index is 6.41. The highest BCUT2D eigenvalue weighted by atomic mass is 127. The Morgan fingerprint density at radius 1 is 0.291 bits per heavy atom. The van der Waals surface area contributed by atoms with Crippen molar-refractivity contribution in [3.05, 3.63) is 442 Å². The molecule has 0 radical (unpaired) electrons. The maximum absolute atomic E-state index is 6.41. The predicted octanol–water partition coefficient (Wildman–Crippen LogP) is 33.4. The molecule has 612 valence electrons. The number of benzene rings is 18. The van der Waals surface area contributed by atoms with Gasteiger partial charge in [-0.1, -0.05) is 294 Å². The van der Waals surface area contributed by atoms with Gasteiger partial charge in [0, 0.05) is 102 Å². The molecular formula is C117H87BrIN5O3. The third-order valence-corrected chi connectivity index (χ3v) is 27.6. The number of nitrogens with zero attached hydrogens (tertiary/aromatic N) is 3. The minimum absolute atomic E-state index is 0.00202. The molecule has 5 heterocycles. The quantitative estimate of drug-likeness (QED) is 0.122. The number of anilines is 6. The van der Waals surface area contributed by atoms with E-state index in [1.54, 1.807) is 0 Å².